The molecule has 94 heavy (non-hydrogen) atoms. The molecule has 4 radical (unpaired) electrons. The van der Waals surface area contributed by atoms with Crippen LogP contribution in [0.2, 0.25) is 0 Å². The number of nitrogens with zero attached hydrogens (tertiary/aromatic N) is 4. The Hall–Kier alpha value is -8.37. The van der Waals surface area contributed by atoms with Gasteiger partial charge in [0.05, 0.1) is 0 Å². The molecule has 11 aromatic rings. The van der Waals surface area contributed by atoms with Gasteiger partial charge >= 0.3 is 0 Å². The SMILES string of the molecule is C#C.C#CC.CC#CC.CC(C)(C)C(=O)C=C(O)C(C)(C)C.Cc1ccnc(-c2[c-]ccc(-c3ccccc3)c2)c1.Cc1ccnc(-c2[c-]ccc(-c3ccccc3)c2)c1.[Ir].[Ir].[Ir].[Ir].[c-]1ccc(-c2ccccc2)cc1-c1ccccn1.[c-]1ccccc1-c1ccccn1. The number of terminal acetylenes is 2. The number of hydrogen-bond donors (Lipinski definition) is 1. The summed E-state index contributed by atoms with van der Waals surface area (Å²) in [6.45, 7) is 20.6. The summed E-state index contributed by atoms with van der Waals surface area (Å²) in [5.74, 6) is 7.72. The third kappa shape index (κ3) is 31.5. The summed E-state index contributed by atoms with van der Waals surface area (Å²) in [5.41, 5.74) is 16.9. The first-order valence-corrected chi connectivity index (χ1v) is 29.3. The summed E-state index contributed by atoms with van der Waals surface area (Å²) >= 11 is 0. The number of aliphatic hydroxyl groups excluding tert-OH is 1. The predicted octanol–water partition coefficient (Wildman–Crippen LogP) is 20.8. The van der Waals surface area contributed by atoms with Crippen molar-refractivity contribution in [3.05, 3.63) is 303 Å². The summed E-state index contributed by atoms with van der Waals surface area (Å²) < 4.78 is 0. The molecule has 0 atom stereocenters. The number of pyridine rings is 4. The zero-order valence-corrected chi connectivity index (χ0v) is 64.6. The van der Waals surface area contributed by atoms with Gasteiger partial charge in [-0.1, -0.05) is 180 Å². The average molecular weight is 1950 g/mol. The molecule has 0 bridgehead atoms. The Morgan fingerprint density at radius 2 is 0.713 bits per heavy atom. The summed E-state index contributed by atoms with van der Waals surface area (Å²) in [4.78, 5) is 28.9. The van der Waals surface area contributed by atoms with Crippen LogP contribution in [0, 0.1) is 86.0 Å². The molecule has 488 valence electrons. The van der Waals surface area contributed by atoms with Crippen molar-refractivity contribution < 1.29 is 90.3 Å². The molecule has 0 saturated carbocycles. The maximum absolute atomic E-state index is 11.5. The molecule has 0 fully saturated rings. The van der Waals surface area contributed by atoms with Crippen LogP contribution in [0.3, 0.4) is 0 Å². The van der Waals surface area contributed by atoms with Gasteiger partial charge in [-0.25, -0.2) is 0 Å². The summed E-state index contributed by atoms with van der Waals surface area (Å²) in [5, 5.41) is 9.56. The molecule has 11 rings (SSSR count). The Bertz CT molecular complexity index is 3800. The van der Waals surface area contributed by atoms with Crippen molar-refractivity contribution in [2.75, 3.05) is 0 Å². The largest absolute Gasteiger partial charge is 0.512 e. The van der Waals surface area contributed by atoms with Gasteiger partial charge in [0.25, 0.3) is 0 Å². The first-order valence-electron chi connectivity index (χ1n) is 29.3. The van der Waals surface area contributed by atoms with Gasteiger partial charge in [-0.05, 0) is 98.4 Å². The number of ketones is 1. The Labute approximate surface area is 615 Å². The van der Waals surface area contributed by atoms with E-state index >= 15 is 0 Å². The van der Waals surface area contributed by atoms with Crippen molar-refractivity contribution in [1.82, 2.24) is 19.9 Å². The van der Waals surface area contributed by atoms with E-state index in [1.54, 1.807) is 19.3 Å². The van der Waals surface area contributed by atoms with E-state index < -0.39 is 5.41 Å². The number of carbonyl (C=O) groups excluding carboxylic acids is 1. The zero-order valence-electron chi connectivity index (χ0n) is 55.0. The Kier molecular flexibility index (Phi) is 43.3. The van der Waals surface area contributed by atoms with E-state index in [0.29, 0.717) is 0 Å². The second kappa shape index (κ2) is 47.5. The first kappa shape index (κ1) is 85.6. The summed E-state index contributed by atoms with van der Waals surface area (Å²) in [6.07, 6.45) is 21.2. The Morgan fingerprint density at radius 3 is 1.01 bits per heavy atom. The number of carbonyl (C=O) groups is 1. The van der Waals surface area contributed by atoms with Crippen molar-refractivity contribution in [3.8, 4) is 115 Å². The fraction of sp³-hybridized carbons (Fsp3) is 0.155. The van der Waals surface area contributed by atoms with Crippen LogP contribution in [-0.2, 0) is 85.2 Å². The molecule has 7 aromatic carbocycles. The van der Waals surface area contributed by atoms with Gasteiger partial charge < -0.3 is 25.0 Å². The van der Waals surface area contributed by atoms with E-state index in [4.69, 9.17) is 0 Å². The molecule has 0 aliphatic heterocycles. The van der Waals surface area contributed by atoms with Crippen molar-refractivity contribution in [2.45, 2.75) is 76.2 Å². The van der Waals surface area contributed by atoms with Gasteiger partial charge in [-0.2, -0.15) is 0 Å². The van der Waals surface area contributed by atoms with Gasteiger partial charge in [0.1, 0.15) is 5.76 Å². The van der Waals surface area contributed by atoms with Crippen LogP contribution in [-0.4, -0.2) is 30.8 Å². The van der Waals surface area contributed by atoms with Crippen molar-refractivity contribution in [2.24, 2.45) is 10.8 Å². The fourth-order valence-corrected chi connectivity index (χ4v) is 7.79. The second-order valence-electron chi connectivity index (χ2n) is 21.9. The molecule has 0 saturated heterocycles. The molecule has 0 amide bonds. The maximum atomic E-state index is 11.5. The van der Waals surface area contributed by atoms with Crippen LogP contribution in [0.4, 0.5) is 0 Å². The van der Waals surface area contributed by atoms with E-state index in [1.165, 1.54) is 50.6 Å². The summed E-state index contributed by atoms with van der Waals surface area (Å²) in [6, 6.07) is 90.2. The molecule has 0 aliphatic rings. The van der Waals surface area contributed by atoms with Crippen LogP contribution < -0.4 is 0 Å². The number of aryl methyl sites for hydroxylation is 2. The molecule has 1 N–H and O–H groups in total. The van der Waals surface area contributed by atoms with Crippen LogP contribution in [0.25, 0.3) is 78.4 Å². The molecule has 6 nitrogen and oxygen atoms in total. The molecule has 4 aromatic heterocycles. The monoisotopic (exact) mass is 1950 g/mol. The number of allylic oxidation sites excluding steroid dienone is 2. The number of hydrogen-bond acceptors (Lipinski definition) is 6. The maximum Gasteiger partial charge on any atom is 0.164 e. The molecule has 4 heterocycles. The van der Waals surface area contributed by atoms with Gasteiger partial charge in [0, 0.05) is 122 Å². The molecule has 0 aliphatic carbocycles. The fourth-order valence-electron chi connectivity index (χ4n) is 7.79. The molecule has 0 unspecified atom stereocenters. The zero-order chi connectivity index (χ0) is 65.6. The van der Waals surface area contributed by atoms with Gasteiger partial charge in [0.2, 0.25) is 0 Å². The quantitative estimate of drug-likeness (QED) is 0.0706. The topological polar surface area (TPSA) is 88.9 Å². The van der Waals surface area contributed by atoms with Crippen LogP contribution in [0.1, 0.15) is 73.4 Å². The number of aliphatic hydroxyl groups is 1. The van der Waals surface area contributed by atoms with E-state index in [9.17, 15) is 9.90 Å². The average Bonchev–Trinajstić information content (AvgIpc) is 0.880. The first-order chi connectivity index (χ1) is 43.4. The Balaban J connectivity index is 0.00000111. The number of aromatic nitrogens is 4. The van der Waals surface area contributed by atoms with E-state index in [-0.39, 0.29) is 97.4 Å². The van der Waals surface area contributed by atoms with E-state index in [1.807, 2.05) is 189 Å². The molecule has 0 spiro atoms. The second-order valence-corrected chi connectivity index (χ2v) is 21.9. The van der Waals surface area contributed by atoms with Crippen LogP contribution in [0.5, 0.6) is 0 Å². The number of benzene rings is 7. The minimum Gasteiger partial charge on any atom is -0.512 e. The molecule has 10 heteroatoms. The third-order valence-corrected chi connectivity index (χ3v) is 12.7. The van der Waals surface area contributed by atoms with Crippen molar-refractivity contribution in [1.29, 1.82) is 0 Å². The minimum absolute atomic E-state index is 0. The van der Waals surface area contributed by atoms with Crippen molar-refractivity contribution >= 4 is 5.78 Å². The standard InChI is InChI=1S/2C18H14N.C17H12N.C11H8N.C11H20O2.C4H6.C3H4.C2H2.4Ir/c2*1-14-10-11-19-18(12-14)17-9-5-8-16(13-17)15-6-3-2-4-7-15;1-2-7-14(8-3-1)15-9-6-10-16(13-15)17-11-4-5-12-18-17;1-2-6-10(7-3-1)11-8-4-5-9-12-11;1-10(2,3)8(12)7-9(13)11(4,5)6;1-3-4-2;1-3-2;1-2;;;;/h2*2-8,10-13H,1H3;1-9,11-13H;1-6,8-9H;7,12H,1-6H3;1-2H3;1H,2H3;1-2H;;;;/q4*-1;;;;;;;;. The molecular formula is C84H80Ir4N4O2-4. The normalized spacial score (nSPS) is 9.64. The predicted molar refractivity (Wildman–Crippen MR) is 378 cm³/mol. The smallest absolute Gasteiger partial charge is 0.164 e. The van der Waals surface area contributed by atoms with Gasteiger partial charge in [-0.15, -0.1) is 179 Å². The van der Waals surface area contributed by atoms with E-state index in [0.717, 1.165) is 45.0 Å². The molecular weight excluding hydrogens is 1870 g/mol. The third-order valence-electron chi connectivity index (χ3n) is 12.7. The number of rotatable bonds is 8. The Morgan fingerprint density at radius 1 is 0.394 bits per heavy atom. The van der Waals surface area contributed by atoms with E-state index in [2.05, 4.69) is 204 Å². The summed E-state index contributed by atoms with van der Waals surface area (Å²) in [7, 11) is 0. The van der Waals surface area contributed by atoms with Crippen LogP contribution in [0.15, 0.2) is 267 Å². The van der Waals surface area contributed by atoms with Gasteiger partial charge in [0.15, 0.2) is 5.78 Å². The van der Waals surface area contributed by atoms with Gasteiger partial charge in [-0.3, -0.25) is 4.79 Å². The van der Waals surface area contributed by atoms with Crippen molar-refractivity contribution in [3.63, 3.8) is 0 Å². The van der Waals surface area contributed by atoms with Crippen LogP contribution >= 0.6 is 0 Å². The minimum atomic E-state index is -0.417.